The van der Waals surface area contributed by atoms with Gasteiger partial charge in [-0.05, 0) is 59.7 Å². The van der Waals surface area contributed by atoms with Crippen LogP contribution in [0.4, 0.5) is 5.69 Å². The summed E-state index contributed by atoms with van der Waals surface area (Å²) in [6, 6.07) is 24.2. The molecule has 2 amide bonds. The number of carbonyl (C=O) groups is 2. The first kappa shape index (κ1) is 36.3. The minimum atomic E-state index is -3.71. The van der Waals surface area contributed by atoms with Crippen molar-refractivity contribution >= 4 is 27.5 Å². The quantitative estimate of drug-likeness (QED) is 0.145. The van der Waals surface area contributed by atoms with Gasteiger partial charge in [-0.15, -0.1) is 0 Å². The Balaban J connectivity index is 1.57. The van der Waals surface area contributed by atoms with E-state index in [9.17, 15) is 23.1 Å². The Morgan fingerprint density at radius 3 is 2.02 bits per heavy atom. The number of aliphatic hydroxyl groups is 1. The lowest BCUT2D eigenvalue weighted by molar-refractivity contribution is 0.0830. The average Bonchev–Trinajstić information content (AvgIpc) is 3.07. The van der Waals surface area contributed by atoms with Crippen LogP contribution in [0, 0.1) is 0 Å². The van der Waals surface area contributed by atoms with Gasteiger partial charge in [0.25, 0.3) is 11.8 Å². The standard InChI is InChI=1S/C37H45N5O5S/c1-25(2)32-16-28(21-38-23-32)22-39-24-35(43)34(17-27-12-8-6-9-13-27)41-37(45)31-18-30(19-33(20-31)42(4)48(5,46)47)36(44)40-26(3)29-14-10-7-11-15-29/h6-16,18-21,23,25-26,34-35,39,43H,17,22,24H2,1-5H3,(H,40,44)(H,41,45)/t26-,34+,35-/m1/s1. The third-order valence-electron chi connectivity index (χ3n) is 8.20. The van der Waals surface area contributed by atoms with Crippen molar-refractivity contribution in [2.75, 3.05) is 24.2 Å². The Bertz CT molecular complexity index is 1780. The zero-order valence-corrected chi connectivity index (χ0v) is 28.9. The topological polar surface area (TPSA) is 141 Å². The van der Waals surface area contributed by atoms with Gasteiger partial charge in [-0.2, -0.15) is 0 Å². The number of hydrogen-bond donors (Lipinski definition) is 4. The van der Waals surface area contributed by atoms with Crippen LogP contribution in [0.2, 0.25) is 0 Å². The minimum absolute atomic E-state index is 0.0790. The number of benzene rings is 3. The number of sulfonamides is 1. The minimum Gasteiger partial charge on any atom is -0.390 e. The largest absolute Gasteiger partial charge is 0.390 e. The normalized spacial score (nSPS) is 13.4. The maximum Gasteiger partial charge on any atom is 0.251 e. The average molecular weight is 672 g/mol. The second-order valence-electron chi connectivity index (χ2n) is 12.4. The van der Waals surface area contributed by atoms with Crippen LogP contribution in [0.3, 0.4) is 0 Å². The van der Waals surface area contributed by atoms with Gasteiger partial charge in [-0.25, -0.2) is 8.42 Å². The Labute approximate surface area is 283 Å². The number of pyridine rings is 1. The van der Waals surface area contributed by atoms with Crippen LogP contribution in [-0.2, 0) is 23.0 Å². The molecule has 11 heteroatoms. The molecular formula is C37H45N5O5S. The summed E-state index contributed by atoms with van der Waals surface area (Å²) in [4.78, 5) is 31.6. The van der Waals surface area contributed by atoms with E-state index in [-0.39, 0.29) is 29.4 Å². The lowest BCUT2D eigenvalue weighted by Gasteiger charge is -2.26. The van der Waals surface area contributed by atoms with Gasteiger partial charge in [0.15, 0.2) is 0 Å². The fourth-order valence-electron chi connectivity index (χ4n) is 5.18. The molecule has 0 aliphatic rings. The molecule has 254 valence electrons. The number of nitrogens with zero attached hydrogens (tertiary/aromatic N) is 2. The third-order valence-corrected chi connectivity index (χ3v) is 9.40. The number of aromatic nitrogens is 1. The summed E-state index contributed by atoms with van der Waals surface area (Å²) in [6.45, 7) is 6.71. The van der Waals surface area contributed by atoms with Gasteiger partial charge >= 0.3 is 0 Å². The van der Waals surface area contributed by atoms with Gasteiger partial charge in [0.05, 0.1) is 30.1 Å². The molecule has 0 aliphatic heterocycles. The SMILES string of the molecule is CC(C)c1cncc(CNC[C@@H](O)[C@H](Cc2ccccc2)NC(=O)c2cc(C(=O)N[C@H](C)c3ccccc3)cc(N(C)S(C)(=O)=O)c2)c1. The first-order valence-corrected chi connectivity index (χ1v) is 17.8. The van der Waals surface area contributed by atoms with Gasteiger partial charge in [0, 0.05) is 43.7 Å². The van der Waals surface area contributed by atoms with Crippen molar-refractivity contribution in [2.45, 2.75) is 57.8 Å². The van der Waals surface area contributed by atoms with Gasteiger partial charge in [0.1, 0.15) is 0 Å². The lowest BCUT2D eigenvalue weighted by atomic mass is 9.99. The van der Waals surface area contributed by atoms with Crippen molar-refractivity contribution in [3.63, 3.8) is 0 Å². The van der Waals surface area contributed by atoms with Crippen molar-refractivity contribution in [2.24, 2.45) is 0 Å². The monoisotopic (exact) mass is 671 g/mol. The van der Waals surface area contributed by atoms with Crippen molar-refractivity contribution < 1.29 is 23.1 Å². The summed E-state index contributed by atoms with van der Waals surface area (Å²) in [5, 5.41) is 20.5. The second kappa shape index (κ2) is 16.5. The highest BCUT2D eigenvalue weighted by molar-refractivity contribution is 7.92. The summed E-state index contributed by atoms with van der Waals surface area (Å²) < 4.78 is 25.9. The van der Waals surface area contributed by atoms with E-state index in [0.717, 1.165) is 32.8 Å². The Morgan fingerprint density at radius 2 is 1.42 bits per heavy atom. The number of rotatable bonds is 15. The van der Waals surface area contributed by atoms with Crippen LogP contribution in [0.15, 0.2) is 97.3 Å². The first-order chi connectivity index (χ1) is 22.8. The Morgan fingerprint density at radius 1 is 0.812 bits per heavy atom. The van der Waals surface area contributed by atoms with Crippen LogP contribution in [0.1, 0.15) is 75.7 Å². The van der Waals surface area contributed by atoms with E-state index in [2.05, 4.69) is 40.8 Å². The number of hydrogen-bond acceptors (Lipinski definition) is 7. The molecule has 4 N–H and O–H groups in total. The predicted octanol–water partition coefficient (Wildman–Crippen LogP) is 4.58. The van der Waals surface area contributed by atoms with Crippen molar-refractivity contribution in [1.29, 1.82) is 0 Å². The predicted molar refractivity (Wildman–Crippen MR) is 189 cm³/mol. The molecular weight excluding hydrogens is 627 g/mol. The molecule has 10 nitrogen and oxygen atoms in total. The van der Waals surface area contributed by atoms with E-state index in [1.165, 1.54) is 25.2 Å². The number of anilines is 1. The number of nitrogens with one attached hydrogen (secondary N) is 3. The number of amides is 2. The fourth-order valence-corrected chi connectivity index (χ4v) is 5.67. The smallest absolute Gasteiger partial charge is 0.251 e. The first-order valence-electron chi connectivity index (χ1n) is 15.9. The molecule has 0 aliphatic carbocycles. The second-order valence-corrected chi connectivity index (χ2v) is 14.4. The third kappa shape index (κ3) is 10.2. The maximum absolute atomic E-state index is 13.8. The summed E-state index contributed by atoms with van der Waals surface area (Å²) in [5.41, 5.74) is 4.26. The highest BCUT2D eigenvalue weighted by Gasteiger charge is 2.25. The molecule has 3 atom stereocenters. The number of carbonyl (C=O) groups excluding carboxylic acids is 2. The van der Waals surface area contributed by atoms with Crippen LogP contribution in [-0.4, -0.2) is 62.3 Å². The molecule has 0 unspecified atom stereocenters. The van der Waals surface area contributed by atoms with Gasteiger partial charge in [-0.3, -0.25) is 18.9 Å². The van der Waals surface area contributed by atoms with Crippen molar-refractivity contribution in [1.82, 2.24) is 20.9 Å². The van der Waals surface area contributed by atoms with E-state index < -0.39 is 34.0 Å². The highest BCUT2D eigenvalue weighted by atomic mass is 32.2. The van der Waals surface area contributed by atoms with Crippen LogP contribution >= 0.6 is 0 Å². The van der Waals surface area contributed by atoms with Crippen LogP contribution < -0.4 is 20.3 Å². The number of aliphatic hydroxyl groups excluding tert-OH is 1. The molecule has 4 aromatic rings. The Kier molecular flexibility index (Phi) is 12.5. The Hall–Kier alpha value is -4.58. The zero-order chi connectivity index (χ0) is 34.8. The molecule has 4 rings (SSSR count). The fraction of sp³-hybridized carbons (Fsp3) is 0.324. The molecule has 0 saturated heterocycles. The summed E-state index contributed by atoms with van der Waals surface area (Å²) >= 11 is 0. The molecule has 3 aromatic carbocycles. The maximum atomic E-state index is 13.8. The molecule has 0 radical (unpaired) electrons. The highest BCUT2D eigenvalue weighted by Crippen LogP contribution is 2.22. The van der Waals surface area contributed by atoms with Crippen molar-refractivity contribution in [3.8, 4) is 0 Å². The van der Waals surface area contributed by atoms with Crippen LogP contribution in [0.25, 0.3) is 0 Å². The van der Waals surface area contributed by atoms with E-state index in [4.69, 9.17) is 0 Å². The molecule has 1 heterocycles. The molecule has 0 bridgehead atoms. The molecule has 0 spiro atoms. The zero-order valence-electron chi connectivity index (χ0n) is 28.1. The van der Waals surface area contributed by atoms with Gasteiger partial charge < -0.3 is 21.1 Å². The molecule has 0 fully saturated rings. The van der Waals surface area contributed by atoms with E-state index >= 15 is 0 Å². The van der Waals surface area contributed by atoms with E-state index in [1.807, 2.05) is 73.8 Å². The molecule has 1 aromatic heterocycles. The van der Waals surface area contributed by atoms with Crippen molar-refractivity contribution in [3.05, 3.63) is 131 Å². The van der Waals surface area contributed by atoms with E-state index in [1.54, 1.807) is 6.20 Å². The van der Waals surface area contributed by atoms with Crippen LogP contribution in [0.5, 0.6) is 0 Å². The molecule has 0 saturated carbocycles. The summed E-state index contributed by atoms with van der Waals surface area (Å²) in [5.74, 6) is -0.689. The van der Waals surface area contributed by atoms with E-state index in [0.29, 0.717) is 18.9 Å². The summed E-state index contributed by atoms with van der Waals surface area (Å²) in [6.07, 6.45) is 4.03. The summed E-state index contributed by atoms with van der Waals surface area (Å²) in [7, 11) is -2.35. The molecule has 48 heavy (non-hydrogen) atoms. The van der Waals surface area contributed by atoms with Gasteiger partial charge in [-0.1, -0.05) is 80.6 Å². The van der Waals surface area contributed by atoms with Gasteiger partial charge in [0.2, 0.25) is 10.0 Å². The lowest BCUT2D eigenvalue weighted by Crippen LogP contribution is -2.48.